The molecule has 0 aliphatic rings. The first-order chi connectivity index (χ1) is 6.19. The van der Waals surface area contributed by atoms with Crippen molar-refractivity contribution in [2.75, 3.05) is 0 Å². The van der Waals surface area contributed by atoms with Gasteiger partial charge in [-0.05, 0) is 30.3 Å². The Morgan fingerprint density at radius 2 is 1.50 bits per heavy atom. The number of ketones is 2. The molecular formula is C10H17AlO3. The van der Waals surface area contributed by atoms with Crippen molar-refractivity contribution in [2.45, 2.75) is 44.2 Å². The summed E-state index contributed by atoms with van der Waals surface area (Å²) < 4.78 is -0.558. The zero-order valence-electron chi connectivity index (χ0n) is 9.51. The van der Waals surface area contributed by atoms with Crippen molar-refractivity contribution in [1.82, 2.24) is 0 Å². The lowest BCUT2D eigenvalue weighted by Crippen LogP contribution is -2.40. The molecule has 0 aliphatic carbocycles. The number of hydrogen-bond donors (Lipinski definition) is 0. The summed E-state index contributed by atoms with van der Waals surface area (Å²) in [5.41, 5.74) is 0. The number of rotatable bonds is 5. The van der Waals surface area contributed by atoms with E-state index in [4.69, 9.17) is 0 Å². The second kappa shape index (κ2) is 4.86. The van der Waals surface area contributed by atoms with Gasteiger partial charge in [-0.25, -0.2) is 0 Å². The van der Waals surface area contributed by atoms with Crippen LogP contribution in [0.2, 0.25) is 9.56 Å². The van der Waals surface area contributed by atoms with Gasteiger partial charge in [0.25, 0.3) is 0 Å². The van der Waals surface area contributed by atoms with E-state index in [0.717, 1.165) is 0 Å². The third-order valence-electron chi connectivity index (χ3n) is 2.76. The van der Waals surface area contributed by atoms with Crippen LogP contribution in [0.1, 0.15) is 34.6 Å². The van der Waals surface area contributed by atoms with Crippen molar-refractivity contribution in [3.8, 4) is 0 Å². The van der Waals surface area contributed by atoms with Crippen LogP contribution in [0.15, 0.2) is 0 Å². The normalized spacial score (nSPS) is 10.9. The quantitative estimate of drug-likeness (QED) is 0.650. The maximum absolute atomic E-state index is 11.4. The van der Waals surface area contributed by atoms with E-state index in [9.17, 15) is 14.4 Å². The summed E-state index contributed by atoms with van der Waals surface area (Å²) in [7, 11) is 0. The fourth-order valence-electron chi connectivity index (χ4n) is 1.44. The molecule has 0 atom stereocenters. The average molecular weight is 212 g/mol. The van der Waals surface area contributed by atoms with Crippen LogP contribution in [-0.4, -0.2) is 30.4 Å². The molecule has 0 saturated heterocycles. The highest BCUT2D eigenvalue weighted by Gasteiger charge is 2.43. The molecule has 0 aromatic heterocycles. The van der Waals surface area contributed by atoms with Crippen LogP contribution < -0.4 is 0 Å². The Morgan fingerprint density at radius 1 is 1.07 bits per heavy atom. The first-order valence-corrected chi connectivity index (χ1v) is 6.67. The van der Waals surface area contributed by atoms with E-state index in [-0.39, 0.29) is 16.2 Å². The summed E-state index contributed by atoms with van der Waals surface area (Å²) in [5.74, 6) is 0.0109. The third-order valence-corrected chi connectivity index (χ3v) is 6.87. The van der Waals surface area contributed by atoms with E-state index >= 15 is 0 Å². The number of carbonyl (C=O) groups is 3. The molecule has 0 rings (SSSR count). The summed E-state index contributed by atoms with van der Waals surface area (Å²) >= 11 is -1.97. The van der Waals surface area contributed by atoms with Crippen LogP contribution in [0.5, 0.6) is 0 Å². The minimum absolute atomic E-state index is 0.00520. The molecule has 0 unspecified atom stereocenters. The largest absolute Gasteiger partial charge is 0.386 e. The standard InChI is InChI=1S/C5H9O.C3H5O.C2H3O.Al/c1-4(2)5(3)6;1-3(2)4;1-2-3;/h1-3H3;1H2,2H3;1H3;. The second-order valence-corrected chi connectivity index (χ2v) is 8.12. The first kappa shape index (κ1) is 13.5. The Morgan fingerprint density at radius 3 is 1.71 bits per heavy atom. The molecule has 4 heteroatoms. The molecule has 3 nitrogen and oxygen atoms in total. The highest BCUT2D eigenvalue weighted by molar-refractivity contribution is 6.95. The lowest BCUT2D eigenvalue weighted by molar-refractivity contribution is -0.120. The highest BCUT2D eigenvalue weighted by Crippen LogP contribution is 2.32. The Labute approximate surface area is 89.3 Å². The van der Waals surface area contributed by atoms with Crippen LogP contribution in [0.4, 0.5) is 0 Å². The number of carbonyl (C=O) groups excluding carboxylic acids is 3. The van der Waals surface area contributed by atoms with E-state index in [0.29, 0.717) is 5.28 Å². The van der Waals surface area contributed by atoms with Crippen LogP contribution in [0.3, 0.4) is 0 Å². The smallest absolute Gasteiger partial charge is 0.321 e. The van der Waals surface area contributed by atoms with Crippen LogP contribution in [0.25, 0.3) is 0 Å². The molecule has 0 radical (unpaired) electrons. The van der Waals surface area contributed by atoms with E-state index < -0.39 is 18.4 Å². The molecule has 0 spiro atoms. The van der Waals surface area contributed by atoms with Gasteiger partial charge in [-0.15, -0.1) is 0 Å². The van der Waals surface area contributed by atoms with Crippen molar-refractivity contribution in [3.05, 3.63) is 0 Å². The lowest BCUT2D eigenvalue weighted by Gasteiger charge is -2.25. The molecule has 0 aromatic carbocycles. The molecule has 0 saturated carbocycles. The summed E-state index contributed by atoms with van der Waals surface area (Å²) in [4.78, 5) is 33.8. The summed E-state index contributed by atoms with van der Waals surface area (Å²) in [5, 5.41) is 0.294. The Balaban J connectivity index is 4.91. The summed E-state index contributed by atoms with van der Waals surface area (Å²) in [6, 6.07) is 0. The fraction of sp³-hybridized carbons (Fsp3) is 0.700. The van der Waals surface area contributed by atoms with Crippen LogP contribution in [-0.2, 0) is 14.4 Å². The van der Waals surface area contributed by atoms with Gasteiger partial charge in [0.05, 0.1) is 4.65 Å². The van der Waals surface area contributed by atoms with Crippen molar-refractivity contribution in [2.24, 2.45) is 0 Å². The van der Waals surface area contributed by atoms with Gasteiger partial charge < -0.3 is 14.4 Å². The molecule has 0 aromatic rings. The van der Waals surface area contributed by atoms with Crippen molar-refractivity contribution in [1.29, 1.82) is 0 Å². The van der Waals surface area contributed by atoms with Gasteiger partial charge in [0.1, 0.15) is 11.6 Å². The molecule has 0 aliphatic heterocycles. The summed E-state index contributed by atoms with van der Waals surface area (Å²) in [6.07, 6.45) is 0. The van der Waals surface area contributed by atoms with Gasteiger partial charge in [-0.2, -0.15) is 0 Å². The van der Waals surface area contributed by atoms with Crippen molar-refractivity contribution >= 4 is 30.4 Å². The monoisotopic (exact) mass is 212 g/mol. The van der Waals surface area contributed by atoms with Crippen molar-refractivity contribution in [3.63, 3.8) is 0 Å². The third kappa shape index (κ3) is 3.36. The molecule has 14 heavy (non-hydrogen) atoms. The minimum atomic E-state index is -1.97. The SMILES string of the molecule is CC(=O)[CH2][Al]([C](C)=O)[C](C)(C)C(C)=O. The molecule has 0 N–H and O–H groups in total. The van der Waals surface area contributed by atoms with Gasteiger partial charge in [0, 0.05) is 0 Å². The van der Waals surface area contributed by atoms with E-state index in [1.165, 1.54) is 20.8 Å². The molecular weight excluding hydrogens is 195 g/mol. The van der Waals surface area contributed by atoms with Crippen LogP contribution >= 0.6 is 0 Å². The lowest BCUT2D eigenvalue weighted by atomic mass is 10.1. The first-order valence-electron chi connectivity index (χ1n) is 4.70. The zero-order valence-corrected chi connectivity index (χ0v) is 10.7. The molecule has 0 fully saturated rings. The van der Waals surface area contributed by atoms with Gasteiger partial charge >= 0.3 is 14.1 Å². The van der Waals surface area contributed by atoms with Crippen molar-refractivity contribution < 1.29 is 14.4 Å². The average Bonchev–Trinajstić information content (AvgIpc) is 1.98. The topological polar surface area (TPSA) is 51.2 Å². The van der Waals surface area contributed by atoms with Gasteiger partial charge in [-0.3, -0.25) is 0 Å². The minimum Gasteiger partial charge on any atom is -0.321 e. The Kier molecular flexibility index (Phi) is 4.70. The summed E-state index contributed by atoms with van der Waals surface area (Å²) in [6.45, 7) is 8.00. The predicted octanol–water partition coefficient (Wildman–Crippen LogP) is 1.57. The molecule has 0 amide bonds. The zero-order chi connectivity index (χ0) is 11.5. The van der Waals surface area contributed by atoms with Gasteiger partial charge in [0.15, 0.2) is 0 Å². The van der Waals surface area contributed by atoms with E-state index in [2.05, 4.69) is 0 Å². The van der Waals surface area contributed by atoms with Gasteiger partial charge in [0.2, 0.25) is 0 Å². The fourth-order valence-corrected chi connectivity index (χ4v) is 4.32. The Bertz CT molecular complexity index is 269. The Hall–Kier alpha value is -0.458. The molecule has 0 heterocycles. The molecule has 0 bridgehead atoms. The van der Waals surface area contributed by atoms with Gasteiger partial charge in [-0.1, -0.05) is 13.8 Å². The maximum atomic E-state index is 11.4. The predicted molar refractivity (Wildman–Crippen MR) is 56.6 cm³/mol. The second-order valence-electron chi connectivity index (χ2n) is 4.35. The number of Topliss-reactive ketones (excluding diaryl/α,β-unsaturated/α-hetero) is 2. The highest BCUT2D eigenvalue weighted by atomic mass is 27.2. The number of hydrogen-bond acceptors (Lipinski definition) is 3. The van der Waals surface area contributed by atoms with Crippen LogP contribution in [0, 0.1) is 0 Å². The van der Waals surface area contributed by atoms with E-state index in [1.54, 1.807) is 13.8 Å². The maximum Gasteiger partial charge on any atom is 0.386 e. The molecule has 78 valence electrons. The van der Waals surface area contributed by atoms with E-state index in [1.807, 2.05) is 0 Å².